The van der Waals surface area contributed by atoms with Gasteiger partial charge in [-0.2, -0.15) is 4.98 Å². The summed E-state index contributed by atoms with van der Waals surface area (Å²) in [5.41, 5.74) is 0.641. The van der Waals surface area contributed by atoms with E-state index in [1.54, 1.807) is 18.5 Å². The Morgan fingerprint density at radius 3 is 2.86 bits per heavy atom. The molecule has 4 rings (SSSR count). The number of aromatic amines is 1. The molecule has 4 heterocycles. The van der Waals surface area contributed by atoms with Crippen molar-refractivity contribution in [2.45, 2.75) is 32.6 Å². The zero-order chi connectivity index (χ0) is 20.1. The molecule has 1 saturated heterocycles. The number of cyclic esters (lactones) is 1. The van der Waals surface area contributed by atoms with E-state index in [0.717, 1.165) is 16.6 Å². The molecule has 2 N–H and O–H groups in total. The maximum absolute atomic E-state index is 11.7. The van der Waals surface area contributed by atoms with Crippen molar-refractivity contribution in [2.75, 3.05) is 23.4 Å². The number of nitrogens with zero attached hydrogens (tertiary/aromatic N) is 4. The number of fused-ring (bicyclic) bond motifs is 1. The van der Waals surface area contributed by atoms with E-state index in [2.05, 4.69) is 39.1 Å². The van der Waals surface area contributed by atoms with Crippen LogP contribution in [0.15, 0.2) is 36.8 Å². The summed E-state index contributed by atoms with van der Waals surface area (Å²) in [5, 5.41) is 4.06. The number of carbonyl (C=O) groups excluding carboxylic acids is 1. The van der Waals surface area contributed by atoms with E-state index in [9.17, 15) is 4.79 Å². The molecule has 0 saturated carbocycles. The quantitative estimate of drug-likeness (QED) is 0.677. The molecule has 1 aliphatic rings. The van der Waals surface area contributed by atoms with E-state index in [1.807, 2.05) is 25.3 Å². The third kappa shape index (κ3) is 4.24. The van der Waals surface area contributed by atoms with Gasteiger partial charge < -0.3 is 15.0 Å². The van der Waals surface area contributed by atoms with Crippen LogP contribution >= 0.6 is 0 Å². The third-order valence-electron chi connectivity index (χ3n) is 4.05. The molecule has 28 heavy (non-hydrogen) atoms. The molecular weight excluding hydrogens is 355 g/mol. The topological polar surface area (TPSA) is 96.0 Å². The van der Waals surface area contributed by atoms with Crippen molar-refractivity contribution >= 4 is 36.7 Å². The highest BCUT2D eigenvalue weighted by atomic mass is 16.6. The minimum atomic E-state index is -0.942. The Morgan fingerprint density at radius 1 is 1.36 bits per heavy atom. The molecular formula is C19H23BN6O2. The lowest BCUT2D eigenvalue weighted by molar-refractivity contribution is 0.181. The fourth-order valence-corrected chi connectivity index (χ4v) is 2.69. The van der Waals surface area contributed by atoms with Crippen LogP contribution in [-0.2, 0) is 10.2 Å². The van der Waals surface area contributed by atoms with Gasteiger partial charge in [-0.05, 0) is 30.7 Å². The van der Waals surface area contributed by atoms with E-state index < -0.39 is 11.5 Å². The number of anilines is 2. The van der Waals surface area contributed by atoms with Crippen LogP contribution in [0.25, 0.3) is 11.0 Å². The summed E-state index contributed by atoms with van der Waals surface area (Å²) in [6.45, 7) is 6.87. The summed E-state index contributed by atoms with van der Waals surface area (Å²) >= 11 is 0. The highest BCUT2D eigenvalue weighted by Gasteiger charge is 2.26. The number of pyridine rings is 1. The monoisotopic (exact) mass is 378 g/mol. The zero-order valence-electron chi connectivity index (χ0n) is 16.3. The van der Waals surface area contributed by atoms with Crippen LogP contribution in [0, 0.1) is 0 Å². The second-order valence-electron chi connectivity index (χ2n) is 6.68. The van der Waals surface area contributed by atoms with Gasteiger partial charge in [0.25, 0.3) is 0 Å². The van der Waals surface area contributed by atoms with Gasteiger partial charge in [-0.25, -0.2) is 14.8 Å². The average molecular weight is 378 g/mol. The Kier molecular flexibility index (Phi) is 5.82. The van der Waals surface area contributed by atoms with Gasteiger partial charge in [0, 0.05) is 29.4 Å². The summed E-state index contributed by atoms with van der Waals surface area (Å²) in [5.74, 6) is 0.784. The second-order valence-corrected chi connectivity index (χ2v) is 6.68. The molecule has 1 amide bonds. The predicted molar refractivity (Wildman–Crippen MR) is 110 cm³/mol. The van der Waals surface area contributed by atoms with Gasteiger partial charge >= 0.3 is 6.09 Å². The molecule has 0 aromatic carbocycles. The van der Waals surface area contributed by atoms with Gasteiger partial charge in [-0.3, -0.25) is 4.90 Å². The third-order valence-corrected chi connectivity index (χ3v) is 4.05. The summed E-state index contributed by atoms with van der Waals surface area (Å²) in [4.78, 5) is 29.1. The first-order chi connectivity index (χ1) is 13.4. The molecule has 2 radical (unpaired) electrons. The lowest BCUT2D eigenvalue weighted by atomic mass is 9.74. The molecule has 3 aromatic heterocycles. The normalized spacial score (nSPS) is 15.5. The van der Waals surface area contributed by atoms with Gasteiger partial charge in [-0.15, -0.1) is 0 Å². The predicted octanol–water partition coefficient (Wildman–Crippen LogP) is 3.18. The van der Waals surface area contributed by atoms with Crippen molar-refractivity contribution in [1.29, 1.82) is 0 Å². The van der Waals surface area contributed by atoms with Crippen molar-refractivity contribution in [3.05, 3.63) is 42.4 Å². The van der Waals surface area contributed by atoms with Crippen LogP contribution in [-0.4, -0.2) is 47.0 Å². The number of amides is 1. The minimum Gasteiger partial charge on any atom is -0.447 e. The Balaban J connectivity index is 0.000000706. The Hall–Kier alpha value is -3.10. The van der Waals surface area contributed by atoms with Gasteiger partial charge in [-0.1, -0.05) is 20.3 Å². The van der Waals surface area contributed by atoms with Crippen LogP contribution in [0.5, 0.6) is 0 Å². The van der Waals surface area contributed by atoms with Gasteiger partial charge in [0.15, 0.2) is 0 Å². The number of H-pyrrole nitrogens is 1. The summed E-state index contributed by atoms with van der Waals surface area (Å²) < 4.78 is 4.93. The van der Waals surface area contributed by atoms with E-state index in [4.69, 9.17) is 12.6 Å². The molecule has 8 nitrogen and oxygen atoms in total. The first-order valence-electron chi connectivity index (χ1n) is 9.22. The Labute approximate surface area is 165 Å². The average Bonchev–Trinajstić information content (AvgIpc) is 3.30. The molecule has 9 heteroatoms. The number of hydrogen-bond donors (Lipinski definition) is 2. The standard InChI is InChI=1S/C16H15BN6O2.C3H8/c1-16(17,11-8-10-2-4-18-13(10)20-9-11)22-14-19-5-3-12(21-14)23-6-7-25-15(23)24;1-3-2/h2-5,8-9H,6-7H2,1H3,(H,18,20)(H,19,21,22);3H2,1-2H3. The molecule has 0 bridgehead atoms. The lowest BCUT2D eigenvalue weighted by Crippen LogP contribution is -2.33. The van der Waals surface area contributed by atoms with Crippen LogP contribution in [0.3, 0.4) is 0 Å². The van der Waals surface area contributed by atoms with E-state index in [0.29, 0.717) is 24.9 Å². The number of hydrogen-bond acceptors (Lipinski definition) is 6. The summed E-state index contributed by atoms with van der Waals surface area (Å²) in [7, 11) is 6.41. The fraction of sp³-hybridized carbons (Fsp3) is 0.368. The van der Waals surface area contributed by atoms with Gasteiger partial charge in [0.1, 0.15) is 25.9 Å². The van der Waals surface area contributed by atoms with Crippen molar-refractivity contribution in [3.63, 3.8) is 0 Å². The molecule has 144 valence electrons. The number of nitrogens with one attached hydrogen (secondary N) is 2. The Bertz CT molecular complexity index is 958. The zero-order valence-corrected chi connectivity index (χ0v) is 16.3. The van der Waals surface area contributed by atoms with Crippen LogP contribution in [0.4, 0.5) is 16.6 Å². The smallest absolute Gasteiger partial charge is 0.415 e. The van der Waals surface area contributed by atoms with Crippen LogP contribution in [0.1, 0.15) is 32.8 Å². The van der Waals surface area contributed by atoms with Gasteiger partial charge in [0.2, 0.25) is 5.95 Å². The highest BCUT2D eigenvalue weighted by Crippen LogP contribution is 2.24. The number of aromatic nitrogens is 4. The molecule has 1 atom stereocenters. The van der Waals surface area contributed by atoms with E-state index in [-0.39, 0.29) is 0 Å². The second kappa shape index (κ2) is 8.29. The minimum absolute atomic E-state index is 0.316. The SMILES string of the molecule is CCC.[B]C(C)(Nc1nccc(N2CCOC2=O)n1)c1cnc2[nH]ccc2c1. The molecule has 0 aliphatic carbocycles. The van der Waals surface area contributed by atoms with E-state index >= 15 is 0 Å². The maximum Gasteiger partial charge on any atom is 0.415 e. The van der Waals surface area contributed by atoms with Crippen molar-refractivity contribution in [2.24, 2.45) is 0 Å². The molecule has 1 fully saturated rings. The number of carbonyl (C=O) groups is 1. The van der Waals surface area contributed by atoms with Gasteiger partial charge in [0.05, 0.1) is 6.54 Å². The molecule has 0 spiro atoms. The fourth-order valence-electron chi connectivity index (χ4n) is 2.69. The number of rotatable bonds is 4. The number of ether oxygens (including phenoxy) is 1. The first kappa shape index (κ1) is 19.7. The van der Waals surface area contributed by atoms with Crippen molar-refractivity contribution < 1.29 is 9.53 Å². The van der Waals surface area contributed by atoms with Crippen molar-refractivity contribution in [1.82, 2.24) is 19.9 Å². The van der Waals surface area contributed by atoms with Crippen LogP contribution in [0.2, 0.25) is 0 Å². The van der Waals surface area contributed by atoms with Crippen LogP contribution < -0.4 is 10.2 Å². The molecule has 1 unspecified atom stereocenters. The Morgan fingerprint density at radius 2 is 2.14 bits per heavy atom. The summed E-state index contributed by atoms with van der Waals surface area (Å²) in [6, 6.07) is 5.53. The molecule has 3 aromatic rings. The largest absolute Gasteiger partial charge is 0.447 e. The lowest BCUT2D eigenvalue weighted by Gasteiger charge is -2.27. The summed E-state index contributed by atoms with van der Waals surface area (Å²) in [6.07, 6.45) is 5.93. The highest BCUT2D eigenvalue weighted by molar-refractivity contribution is 6.17. The van der Waals surface area contributed by atoms with E-state index in [1.165, 1.54) is 11.3 Å². The first-order valence-corrected chi connectivity index (χ1v) is 9.22. The molecule has 1 aliphatic heterocycles. The van der Waals surface area contributed by atoms with Crippen molar-refractivity contribution in [3.8, 4) is 0 Å². The maximum atomic E-state index is 11.7.